The second-order valence-electron chi connectivity index (χ2n) is 7.61. The van der Waals surface area contributed by atoms with Crippen molar-refractivity contribution in [3.05, 3.63) is 95.6 Å². The van der Waals surface area contributed by atoms with Gasteiger partial charge in [-0.1, -0.05) is 66.7 Å². The summed E-state index contributed by atoms with van der Waals surface area (Å²) in [5.74, 6) is -0.743. The van der Waals surface area contributed by atoms with Crippen molar-refractivity contribution < 1.29 is 19.2 Å². The summed E-state index contributed by atoms with van der Waals surface area (Å²) in [5, 5.41) is 5.19. The van der Waals surface area contributed by atoms with Gasteiger partial charge in [-0.15, -0.1) is 0 Å². The lowest BCUT2D eigenvalue weighted by molar-refractivity contribution is -0.121. The number of anilines is 2. The molecule has 0 unspecified atom stereocenters. The first-order chi connectivity index (χ1) is 16.9. The molecule has 3 rings (SSSR count). The summed E-state index contributed by atoms with van der Waals surface area (Å²) in [5.41, 5.74) is 12.4. The van der Waals surface area contributed by atoms with Gasteiger partial charge in [0.2, 0.25) is 11.8 Å². The second-order valence-corrected chi connectivity index (χ2v) is 7.61. The molecule has 0 aliphatic carbocycles. The van der Waals surface area contributed by atoms with Crippen LogP contribution in [-0.2, 0) is 22.4 Å². The number of hydrogen-bond donors (Lipinski definition) is 6. The van der Waals surface area contributed by atoms with Gasteiger partial charge < -0.3 is 10.6 Å². The average molecular weight is 475 g/mol. The fourth-order valence-electron chi connectivity index (χ4n) is 3.05. The zero-order valence-electron chi connectivity index (χ0n) is 19.1. The van der Waals surface area contributed by atoms with Gasteiger partial charge >= 0.3 is 12.1 Å². The van der Waals surface area contributed by atoms with E-state index in [1.165, 1.54) is 0 Å². The third-order valence-electron chi connectivity index (χ3n) is 4.79. The number of aryl methyl sites for hydroxylation is 1. The van der Waals surface area contributed by atoms with Crippen molar-refractivity contribution in [3.63, 3.8) is 0 Å². The molecule has 0 saturated heterocycles. The zero-order chi connectivity index (χ0) is 25.0. The Morgan fingerprint density at radius 3 is 1.60 bits per heavy atom. The minimum atomic E-state index is -0.654. The summed E-state index contributed by atoms with van der Waals surface area (Å²) >= 11 is 0. The molecule has 6 N–H and O–H groups in total. The Labute approximate surface area is 202 Å². The predicted octanol–water partition coefficient (Wildman–Crippen LogP) is 2.79. The summed E-state index contributed by atoms with van der Waals surface area (Å²) in [6.07, 6.45) is 0.243. The van der Waals surface area contributed by atoms with Crippen LogP contribution in [-0.4, -0.2) is 23.9 Å². The van der Waals surface area contributed by atoms with Crippen LogP contribution in [0.25, 0.3) is 0 Å². The zero-order valence-corrected chi connectivity index (χ0v) is 19.1. The van der Waals surface area contributed by atoms with Crippen LogP contribution in [0.15, 0.2) is 78.9 Å². The molecule has 0 bridgehead atoms. The minimum Gasteiger partial charge on any atom is -0.307 e. The molecular formula is C25H26N6O4. The fourth-order valence-corrected chi connectivity index (χ4v) is 3.05. The molecule has 0 fully saturated rings. The van der Waals surface area contributed by atoms with Crippen molar-refractivity contribution in [1.29, 1.82) is 0 Å². The van der Waals surface area contributed by atoms with Crippen molar-refractivity contribution in [2.45, 2.75) is 19.8 Å². The minimum absolute atomic E-state index is 0.122. The van der Waals surface area contributed by atoms with Gasteiger partial charge in [0, 0.05) is 11.4 Å². The number of rotatable bonds is 6. The molecule has 0 aliphatic heterocycles. The first-order valence-corrected chi connectivity index (χ1v) is 10.8. The van der Waals surface area contributed by atoms with Crippen LogP contribution < -0.4 is 32.3 Å². The van der Waals surface area contributed by atoms with Gasteiger partial charge in [0.1, 0.15) is 0 Å². The fraction of sp³-hybridized carbons (Fsp3) is 0.120. The number of urea groups is 2. The highest BCUT2D eigenvalue weighted by Gasteiger charge is 2.10. The molecule has 0 aromatic heterocycles. The van der Waals surface area contributed by atoms with E-state index in [1.807, 2.05) is 60.7 Å². The highest BCUT2D eigenvalue weighted by Crippen LogP contribution is 2.20. The number of hydrogen-bond acceptors (Lipinski definition) is 4. The molecular weight excluding hydrogens is 448 g/mol. The van der Waals surface area contributed by atoms with E-state index in [0.29, 0.717) is 11.4 Å². The van der Waals surface area contributed by atoms with Gasteiger partial charge in [-0.05, 0) is 35.7 Å². The van der Waals surface area contributed by atoms with E-state index in [2.05, 4.69) is 32.3 Å². The maximum Gasteiger partial charge on any atom is 0.337 e. The van der Waals surface area contributed by atoms with Gasteiger partial charge in [0.25, 0.3) is 0 Å². The number of benzene rings is 3. The Morgan fingerprint density at radius 2 is 1.09 bits per heavy atom. The molecule has 0 saturated carbocycles. The Hall–Kier alpha value is -4.86. The van der Waals surface area contributed by atoms with Crippen molar-refractivity contribution in [1.82, 2.24) is 21.7 Å². The predicted molar refractivity (Wildman–Crippen MR) is 132 cm³/mol. The maximum absolute atomic E-state index is 12.2. The van der Waals surface area contributed by atoms with E-state index in [4.69, 9.17) is 0 Å². The summed E-state index contributed by atoms with van der Waals surface area (Å²) < 4.78 is 0. The molecule has 0 aliphatic rings. The summed E-state index contributed by atoms with van der Waals surface area (Å²) in [7, 11) is 0. The smallest absolute Gasteiger partial charge is 0.307 e. The van der Waals surface area contributed by atoms with Gasteiger partial charge in [-0.2, -0.15) is 0 Å². The van der Waals surface area contributed by atoms with Crippen LogP contribution in [0.1, 0.15) is 16.7 Å². The molecule has 0 atom stereocenters. The lowest BCUT2D eigenvalue weighted by Gasteiger charge is -2.13. The Kier molecular flexibility index (Phi) is 8.78. The SMILES string of the molecule is Cc1ccc(NC(=O)NNC(=O)Cc2ccccc2)cc1NC(=O)NNC(=O)Cc1ccccc1. The summed E-state index contributed by atoms with van der Waals surface area (Å²) in [6.45, 7) is 1.78. The van der Waals surface area contributed by atoms with E-state index < -0.39 is 12.1 Å². The largest absolute Gasteiger partial charge is 0.337 e. The molecule has 3 aromatic rings. The molecule has 3 aromatic carbocycles. The van der Waals surface area contributed by atoms with Crippen molar-refractivity contribution in [2.75, 3.05) is 10.6 Å². The first-order valence-electron chi connectivity index (χ1n) is 10.8. The molecule has 35 heavy (non-hydrogen) atoms. The first kappa shape index (κ1) is 24.8. The van der Waals surface area contributed by atoms with E-state index in [9.17, 15) is 19.2 Å². The molecule has 10 heteroatoms. The second kappa shape index (κ2) is 12.4. The lowest BCUT2D eigenvalue weighted by atomic mass is 10.1. The molecule has 0 spiro atoms. The van der Waals surface area contributed by atoms with Crippen LogP contribution in [0, 0.1) is 6.92 Å². The third kappa shape index (κ3) is 8.54. The molecule has 0 radical (unpaired) electrons. The van der Waals surface area contributed by atoms with E-state index in [1.54, 1.807) is 25.1 Å². The van der Waals surface area contributed by atoms with E-state index in [-0.39, 0.29) is 24.7 Å². The number of carbonyl (C=O) groups excluding carboxylic acids is 4. The Balaban J connectivity index is 1.45. The molecule has 0 heterocycles. The highest BCUT2D eigenvalue weighted by atomic mass is 16.2. The Morgan fingerprint density at radius 1 is 0.600 bits per heavy atom. The maximum atomic E-state index is 12.2. The number of carbonyl (C=O) groups is 4. The average Bonchev–Trinajstić information content (AvgIpc) is 2.85. The van der Waals surface area contributed by atoms with Crippen LogP contribution in [0.3, 0.4) is 0 Å². The number of nitrogens with one attached hydrogen (secondary N) is 6. The van der Waals surface area contributed by atoms with Crippen molar-refractivity contribution in [2.24, 2.45) is 0 Å². The van der Waals surface area contributed by atoms with Crippen molar-refractivity contribution in [3.8, 4) is 0 Å². The van der Waals surface area contributed by atoms with Crippen LogP contribution in [0.4, 0.5) is 21.0 Å². The topological polar surface area (TPSA) is 140 Å². The Bertz CT molecular complexity index is 1190. The molecule has 10 nitrogen and oxygen atoms in total. The van der Waals surface area contributed by atoms with Crippen molar-refractivity contribution >= 4 is 35.3 Å². The van der Waals surface area contributed by atoms with E-state index in [0.717, 1.165) is 16.7 Å². The number of hydrazine groups is 2. The highest BCUT2D eigenvalue weighted by molar-refractivity contribution is 5.95. The molecule has 6 amide bonds. The van der Waals surface area contributed by atoms with Gasteiger partial charge in [-0.3, -0.25) is 20.4 Å². The van der Waals surface area contributed by atoms with E-state index >= 15 is 0 Å². The standard InChI is InChI=1S/C25H26N6O4/c1-17-12-13-20(26-24(34)30-28-22(32)14-18-8-4-2-5-9-18)16-21(17)27-25(35)31-29-23(33)15-19-10-6-3-7-11-19/h2-13,16H,14-15H2,1H3,(H,28,32)(H,29,33)(H2,26,30,34)(H2,27,31,35). The van der Waals surface area contributed by atoms with Gasteiger partial charge in [0.05, 0.1) is 12.8 Å². The normalized spacial score (nSPS) is 9.97. The number of amides is 6. The monoisotopic (exact) mass is 474 g/mol. The summed E-state index contributed by atoms with van der Waals surface area (Å²) in [4.78, 5) is 48.3. The van der Waals surface area contributed by atoms with Crippen LogP contribution >= 0.6 is 0 Å². The van der Waals surface area contributed by atoms with Gasteiger partial charge in [-0.25, -0.2) is 20.4 Å². The third-order valence-corrected chi connectivity index (χ3v) is 4.79. The lowest BCUT2D eigenvalue weighted by Crippen LogP contribution is -2.45. The summed E-state index contributed by atoms with van der Waals surface area (Å²) in [6, 6.07) is 21.8. The van der Waals surface area contributed by atoms with Crippen LogP contribution in [0.5, 0.6) is 0 Å². The van der Waals surface area contributed by atoms with Gasteiger partial charge in [0.15, 0.2) is 0 Å². The quantitative estimate of drug-likeness (QED) is 0.306. The molecule has 180 valence electrons. The van der Waals surface area contributed by atoms with Crippen LogP contribution in [0.2, 0.25) is 0 Å².